The fourth-order valence-corrected chi connectivity index (χ4v) is 5.87. The van der Waals surface area contributed by atoms with Crippen molar-refractivity contribution >= 4 is 29.5 Å². The zero-order valence-corrected chi connectivity index (χ0v) is 22.4. The smallest absolute Gasteiger partial charge is 0.242 e. The van der Waals surface area contributed by atoms with E-state index in [1.165, 1.54) is 0 Å². The van der Waals surface area contributed by atoms with E-state index in [9.17, 15) is 14.4 Å². The molecule has 3 heterocycles. The molecule has 2 saturated heterocycles. The maximum absolute atomic E-state index is 13.7. The van der Waals surface area contributed by atoms with Gasteiger partial charge in [0.15, 0.2) is 0 Å². The lowest BCUT2D eigenvalue weighted by Crippen LogP contribution is -2.58. The van der Waals surface area contributed by atoms with Crippen molar-refractivity contribution in [1.29, 1.82) is 0 Å². The molecule has 0 aromatic carbocycles. The van der Waals surface area contributed by atoms with E-state index >= 15 is 0 Å². The van der Waals surface area contributed by atoms with E-state index in [4.69, 9.17) is 10.5 Å². The average Bonchev–Trinajstić information content (AvgIpc) is 2.84. The number of allylic oxidation sites excluding steroid dienone is 2. The van der Waals surface area contributed by atoms with Gasteiger partial charge in [0.05, 0.1) is 18.1 Å². The van der Waals surface area contributed by atoms with Crippen LogP contribution in [0.2, 0.25) is 0 Å². The Morgan fingerprint density at radius 2 is 2.00 bits per heavy atom. The first-order valence-electron chi connectivity index (χ1n) is 13.1. The molecule has 9 heteroatoms. The SMILES string of the molecule is CSCC[C@H](N)C(=O)N1CCC2(C/C=C/C[C@@H]3COCC[C@@H]3NC(=O)[C@@H](CC(C)C)NC2=O)CC1. The van der Waals surface area contributed by atoms with Crippen LogP contribution in [0.1, 0.15) is 58.8 Å². The van der Waals surface area contributed by atoms with Gasteiger partial charge >= 0.3 is 0 Å². The molecule has 2 fully saturated rings. The quantitative estimate of drug-likeness (QED) is 0.474. The predicted molar refractivity (Wildman–Crippen MR) is 140 cm³/mol. The maximum atomic E-state index is 13.7. The third-order valence-corrected chi connectivity index (χ3v) is 8.35. The summed E-state index contributed by atoms with van der Waals surface area (Å²) in [7, 11) is 0. The number of carbonyl (C=O) groups is 3. The van der Waals surface area contributed by atoms with Crippen LogP contribution in [0.5, 0.6) is 0 Å². The molecule has 0 aliphatic carbocycles. The number of hydrogen-bond donors (Lipinski definition) is 3. The second kappa shape index (κ2) is 13.1. The minimum atomic E-state index is -0.631. The number of nitrogens with two attached hydrogens (primary N) is 1. The van der Waals surface area contributed by atoms with Gasteiger partial charge in [0, 0.05) is 31.7 Å². The van der Waals surface area contributed by atoms with E-state index in [2.05, 4.69) is 36.6 Å². The van der Waals surface area contributed by atoms with Crippen LogP contribution in [0, 0.1) is 17.3 Å². The maximum Gasteiger partial charge on any atom is 0.242 e. The molecule has 35 heavy (non-hydrogen) atoms. The molecule has 0 aromatic rings. The molecule has 3 amide bonds. The molecule has 198 valence electrons. The molecule has 4 N–H and O–H groups in total. The zero-order valence-electron chi connectivity index (χ0n) is 21.6. The molecule has 3 aliphatic rings. The molecule has 0 saturated carbocycles. The molecular weight excluding hydrogens is 464 g/mol. The van der Waals surface area contributed by atoms with Crippen molar-refractivity contribution in [2.75, 3.05) is 38.3 Å². The highest BCUT2D eigenvalue weighted by Gasteiger charge is 2.43. The topological polar surface area (TPSA) is 114 Å². The number of nitrogens with zero attached hydrogens (tertiary/aromatic N) is 1. The Morgan fingerprint density at radius 1 is 1.26 bits per heavy atom. The second-order valence-corrected chi connectivity index (χ2v) is 11.8. The van der Waals surface area contributed by atoms with Gasteiger partial charge in [-0.1, -0.05) is 26.0 Å². The van der Waals surface area contributed by atoms with Crippen LogP contribution in [0.15, 0.2) is 12.2 Å². The summed E-state index contributed by atoms with van der Waals surface area (Å²) in [6.45, 7) is 6.42. The van der Waals surface area contributed by atoms with Crippen LogP contribution >= 0.6 is 11.8 Å². The number of rotatable bonds is 6. The van der Waals surface area contributed by atoms with Crippen LogP contribution in [0.4, 0.5) is 0 Å². The molecule has 3 aliphatic heterocycles. The first-order chi connectivity index (χ1) is 16.8. The van der Waals surface area contributed by atoms with Gasteiger partial charge in [-0.3, -0.25) is 14.4 Å². The average molecular weight is 509 g/mol. The molecule has 8 nitrogen and oxygen atoms in total. The molecule has 3 rings (SSSR count). The minimum absolute atomic E-state index is 0.0293. The number of carbonyl (C=O) groups excluding carboxylic acids is 3. The molecule has 4 atom stereocenters. The van der Waals surface area contributed by atoms with Crippen LogP contribution < -0.4 is 16.4 Å². The van der Waals surface area contributed by atoms with Crippen molar-refractivity contribution in [2.45, 2.75) is 76.9 Å². The van der Waals surface area contributed by atoms with Gasteiger partial charge in [0.1, 0.15) is 6.04 Å². The Morgan fingerprint density at radius 3 is 2.69 bits per heavy atom. The van der Waals surface area contributed by atoms with Crippen LogP contribution in [0.3, 0.4) is 0 Å². The van der Waals surface area contributed by atoms with Crippen molar-refractivity contribution in [3.05, 3.63) is 12.2 Å². The van der Waals surface area contributed by atoms with Crippen LogP contribution in [-0.4, -0.2) is 79.1 Å². The van der Waals surface area contributed by atoms with Gasteiger partial charge in [-0.2, -0.15) is 11.8 Å². The summed E-state index contributed by atoms with van der Waals surface area (Å²) in [4.78, 5) is 41.6. The van der Waals surface area contributed by atoms with Crippen molar-refractivity contribution in [1.82, 2.24) is 15.5 Å². The number of nitrogens with one attached hydrogen (secondary N) is 2. The number of likely N-dealkylation sites (tertiary alicyclic amines) is 1. The third kappa shape index (κ3) is 7.46. The fraction of sp³-hybridized carbons (Fsp3) is 0.808. The zero-order chi connectivity index (χ0) is 25.4. The number of thioether (sulfide) groups is 1. The number of piperidine rings is 1. The first kappa shape index (κ1) is 28.0. The highest BCUT2D eigenvalue weighted by atomic mass is 32.2. The Balaban J connectivity index is 1.77. The van der Waals surface area contributed by atoms with E-state index in [0.29, 0.717) is 58.4 Å². The Bertz CT molecular complexity index is 766. The van der Waals surface area contributed by atoms with E-state index in [1.807, 2.05) is 11.2 Å². The lowest BCUT2D eigenvalue weighted by Gasteiger charge is -2.42. The largest absolute Gasteiger partial charge is 0.381 e. The summed E-state index contributed by atoms with van der Waals surface area (Å²) in [6.07, 6.45) is 10.8. The van der Waals surface area contributed by atoms with Crippen molar-refractivity contribution in [3.8, 4) is 0 Å². The van der Waals surface area contributed by atoms with E-state index < -0.39 is 17.5 Å². The molecular formula is C26H44N4O4S. The summed E-state index contributed by atoms with van der Waals surface area (Å²) in [5.41, 5.74) is 5.50. The van der Waals surface area contributed by atoms with Gasteiger partial charge in [-0.15, -0.1) is 0 Å². The van der Waals surface area contributed by atoms with Crippen molar-refractivity contribution in [3.63, 3.8) is 0 Å². The number of amides is 3. The van der Waals surface area contributed by atoms with E-state index in [-0.39, 0.29) is 35.6 Å². The Hall–Kier alpha value is -1.58. The molecule has 1 spiro atoms. The monoisotopic (exact) mass is 508 g/mol. The summed E-state index contributed by atoms with van der Waals surface area (Å²) in [6, 6.07) is -0.998. The number of hydrogen-bond acceptors (Lipinski definition) is 6. The summed E-state index contributed by atoms with van der Waals surface area (Å²) < 4.78 is 5.69. The summed E-state index contributed by atoms with van der Waals surface area (Å²) >= 11 is 1.68. The standard InChI is InChI=1S/C26H44N4O4S/c1-18(2)16-22-23(31)28-21-7-14-34-17-19(21)6-4-5-9-26(25(33)29-22)10-12-30(13-11-26)24(32)20(27)8-15-35-3/h4-5,18-22H,6-17,27H2,1-3H3,(H,28,31)(H,29,33)/b5-4+/t19-,20+,21+,22-/m1/s1. The van der Waals surface area contributed by atoms with Crippen molar-refractivity contribution in [2.24, 2.45) is 23.0 Å². The first-order valence-corrected chi connectivity index (χ1v) is 14.5. The lowest BCUT2D eigenvalue weighted by molar-refractivity contribution is -0.143. The predicted octanol–water partition coefficient (Wildman–Crippen LogP) is 2.08. The Kier molecular flexibility index (Phi) is 10.5. The number of ether oxygens (including phenoxy) is 1. The normalized spacial score (nSPS) is 29.4. The highest BCUT2D eigenvalue weighted by Crippen LogP contribution is 2.37. The second-order valence-electron chi connectivity index (χ2n) is 10.8. The third-order valence-electron chi connectivity index (χ3n) is 7.71. The summed E-state index contributed by atoms with van der Waals surface area (Å²) in [5.74, 6) is 1.14. The minimum Gasteiger partial charge on any atom is -0.381 e. The van der Waals surface area contributed by atoms with Crippen LogP contribution in [-0.2, 0) is 19.1 Å². The van der Waals surface area contributed by atoms with Gasteiger partial charge in [0.2, 0.25) is 17.7 Å². The summed E-state index contributed by atoms with van der Waals surface area (Å²) in [5, 5.41) is 6.34. The Labute approximate surface area is 214 Å². The van der Waals surface area contributed by atoms with Gasteiger partial charge in [-0.05, 0) is 62.9 Å². The van der Waals surface area contributed by atoms with Gasteiger partial charge in [0.25, 0.3) is 0 Å². The molecule has 0 radical (unpaired) electrons. The highest BCUT2D eigenvalue weighted by molar-refractivity contribution is 7.98. The van der Waals surface area contributed by atoms with Gasteiger partial charge < -0.3 is 26.0 Å². The molecule has 0 unspecified atom stereocenters. The molecule has 0 aromatic heterocycles. The molecule has 0 bridgehead atoms. The number of fused-ring (bicyclic) bond motifs is 1. The van der Waals surface area contributed by atoms with E-state index in [1.54, 1.807) is 11.8 Å². The van der Waals surface area contributed by atoms with E-state index in [0.717, 1.165) is 18.6 Å². The van der Waals surface area contributed by atoms with Gasteiger partial charge in [-0.25, -0.2) is 0 Å². The fourth-order valence-electron chi connectivity index (χ4n) is 5.38. The van der Waals surface area contributed by atoms with Crippen molar-refractivity contribution < 1.29 is 19.1 Å². The van der Waals surface area contributed by atoms with Crippen LogP contribution in [0.25, 0.3) is 0 Å². The lowest BCUT2D eigenvalue weighted by atomic mass is 9.74.